The Kier molecular flexibility index (Phi) is 4.90. The first-order valence-electron chi connectivity index (χ1n) is 8.23. The zero-order chi connectivity index (χ0) is 14.8. The van der Waals surface area contributed by atoms with Gasteiger partial charge in [0.2, 0.25) is 0 Å². The lowest BCUT2D eigenvalue weighted by Crippen LogP contribution is -2.45. The summed E-state index contributed by atoms with van der Waals surface area (Å²) < 4.78 is 0. The van der Waals surface area contributed by atoms with Crippen molar-refractivity contribution >= 4 is 0 Å². The van der Waals surface area contributed by atoms with Gasteiger partial charge < -0.3 is 0 Å². The number of hydrogen-bond donors (Lipinski definition) is 0. The molecule has 1 nitrogen and oxygen atoms in total. The van der Waals surface area contributed by atoms with Gasteiger partial charge in [-0.1, -0.05) is 50.1 Å². The second kappa shape index (κ2) is 6.30. The lowest BCUT2D eigenvalue weighted by atomic mass is 9.80. The van der Waals surface area contributed by atoms with E-state index in [-0.39, 0.29) is 5.41 Å². The van der Waals surface area contributed by atoms with Crippen LogP contribution in [-0.4, -0.2) is 23.5 Å². The van der Waals surface area contributed by atoms with E-state index in [1.807, 2.05) is 0 Å². The number of nitrogens with zero attached hydrogens (tertiary/aromatic N) is 1. The monoisotopic (exact) mass is 273 g/mol. The first-order valence-corrected chi connectivity index (χ1v) is 8.23. The standard InChI is InChI=1S/C19H31N/c1-15-9-11-18(12-10-15)19(4,5)13-14-20-16(2)7-6-8-17(20)3/h9-12,16-17H,6-8,13-14H2,1-5H3. The summed E-state index contributed by atoms with van der Waals surface area (Å²) in [6.07, 6.45) is 5.38. The maximum atomic E-state index is 2.72. The van der Waals surface area contributed by atoms with Crippen LogP contribution in [-0.2, 0) is 5.41 Å². The predicted octanol–water partition coefficient (Wildman–Crippen LogP) is 4.93. The SMILES string of the molecule is Cc1ccc(C(C)(C)CCN2C(C)CCCC2C)cc1. The largest absolute Gasteiger partial charge is 0.298 e. The van der Waals surface area contributed by atoms with Crippen LogP contribution in [0.15, 0.2) is 24.3 Å². The number of piperidine rings is 1. The van der Waals surface area contributed by atoms with Crippen LogP contribution in [0.25, 0.3) is 0 Å². The quantitative estimate of drug-likeness (QED) is 0.752. The van der Waals surface area contributed by atoms with Crippen molar-refractivity contribution in [3.8, 4) is 0 Å². The van der Waals surface area contributed by atoms with E-state index in [1.54, 1.807) is 0 Å². The Hall–Kier alpha value is -0.820. The molecule has 1 aliphatic rings. The van der Waals surface area contributed by atoms with E-state index in [0.29, 0.717) is 0 Å². The fraction of sp³-hybridized carbons (Fsp3) is 0.684. The molecule has 1 fully saturated rings. The van der Waals surface area contributed by atoms with Crippen molar-refractivity contribution in [2.45, 2.75) is 77.8 Å². The van der Waals surface area contributed by atoms with Crippen LogP contribution in [0.4, 0.5) is 0 Å². The number of rotatable bonds is 4. The van der Waals surface area contributed by atoms with Crippen LogP contribution >= 0.6 is 0 Å². The molecule has 1 aliphatic heterocycles. The summed E-state index contributed by atoms with van der Waals surface area (Å²) in [6, 6.07) is 10.6. The highest BCUT2D eigenvalue weighted by Gasteiger charge is 2.27. The minimum Gasteiger partial charge on any atom is -0.298 e. The summed E-state index contributed by atoms with van der Waals surface area (Å²) in [5, 5.41) is 0. The third kappa shape index (κ3) is 3.63. The molecule has 112 valence electrons. The van der Waals surface area contributed by atoms with Crippen molar-refractivity contribution < 1.29 is 0 Å². The van der Waals surface area contributed by atoms with E-state index in [9.17, 15) is 0 Å². The maximum absolute atomic E-state index is 2.72. The molecule has 1 heterocycles. The molecule has 2 unspecified atom stereocenters. The second-order valence-corrected chi connectivity index (χ2v) is 7.37. The van der Waals surface area contributed by atoms with Crippen molar-refractivity contribution in [3.63, 3.8) is 0 Å². The third-order valence-electron chi connectivity index (χ3n) is 5.20. The molecule has 0 bridgehead atoms. The fourth-order valence-electron chi connectivity index (χ4n) is 3.47. The van der Waals surface area contributed by atoms with Crippen LogP contribution in [0.1, 0.15) is 64.5 Å². The van der Waals surface area contributed by atoms with Crippen LogP contribution in [0, 0.1) is 6.92 Å². The van der Waals surface area contributed by atoms with Gasteiger partial charge in [0, 0.05) is 12.1 Å². The number of likely N-dealkylation sites (tertiary alicyclic amines) is 1. The average molecular weight is 273 g/mol. The molecule has 0 radical (unpaired) electrons. The highest BCUT2D eigenvalue weighted by Crippen LogP contribution is 2.30. The lowest BCUT2D eigenvalue weighted by Gasteiger charge is -2.40. The molecule has 0 spiro atoms. The average Bonchev–Trinajstić information content (AvgIpc) is 2.38. The molecular weight excluding hydrogens is 242 g/mol. The molecule has 1 aromatic rings. The lowest BCUT2D eigenvalue weighted by molar-refractivity contribution is 0.0949. The van der Waals surface area contributed by atoms with E-state index >= 15 is 0 Å². The molecule has 1 heteroatoms. The summed E-state index contributed by atoms with van der Waals surface area (Å²) in [5.41, 5.74) is 3.09. The summed E-state index contributed by atoms with van der Waals surface area (Å²) in [6.45, 7) is 13.0. The summed E-state index contributed by atoms with van der Waals surface area (Å²) in [7, 11) is 0. The number of hydrogen-bond acceptors (Lipinski definition) is 1. The Morgan fingerprint density at radius 3 is 2.15 bits per heavy atom. The molecule has 2 rings (SSSR count). The summed E-state index contributed by atoms with van der Waals surface area (Å²) in [5.74, 6) is 0. The Bertz CT molecular complexity index is 408. The minimum absolute atomic E-state index is 0.268. The number of benzene rings is 1. The van der Waals surface area contributed by atoms with Gasteiger partial charge in [0.05, 0.1) is 0 Å². The first kappa shape index (κ1) is 15.6. The molecule has 2 atom stereocenters. The Morgan fingerprint density at radius 2 is 1.60 bits per heavy atom. The highest BCUT2D eigenvalue weighted by molar-refractivity contribution is 5.27. The van der Waals surface area contributed by atoms with Gasteiger partial charge in [-0.05, 0) is 57.6 Å². The molecule has 0 N–H and O–H groups in total. The third-order valence-corrected chi connectivity index (χ3v) is 5.20. The van der Waals surface area contributed by atoms with Crippen LogP contribution in [0.2, 0.25) is 0 Å². The zero-order valence-corrected chi connectivity index (χ0v) is 13.9. The van der Waals surface area contributed by atoms with Crippen molar-refractivity contribution in [2.75, 3.05) is 6.54 Å². The first-order chi connectivity index (χ1) is 9.40. The maximum Gasteiger partial charge on any atom is 0.00697 e. The van der Waals surface area contributed by atoms with E-state index < -0.39 is 0 Å². The molecule has 0 saturated carbocycles. The smallest absolute Gasteiger partial charge is 0.00697 e. The predicted molar refractivity (Wildman–Crippen MR) is 88.3 cm³/mol. The van der Waals surface area contributed by atoms with Crippen LogP contribution in [0.5, 0.6) is 0 Å². The molecule has 1 aromatic carbocycles. The van der Waals surface area contributed by atoms with Gasteiger partial charge in [-0.2, -0.15) is 0 Å². The topological polar surface area (TPSA) is 3.24 Å². The van der Waals surface area contributed by atoms with Gasteiger partial charge in [0.25, 0.3) is 0 Å². The van der Waals surface area contributed by atoms with Crippen molar-refractivity contribution in [1.82, 2.24) is 4.90 Å². The van der Waals surface area contributed by atoms with Gasteiger partial charge in [0.1, 0.15) is 0 Å². The van der Waals surface area contributed by atoms with E-state index in [4.69, 9.17) is 0 Å². The molecule has 1 saturated heterocycles. The molecule has 20 heavy (non-hydrogen) atoms. The van der Waals surface area contributed by atoms with Gasteiger partial charge in [-0.25, -0.2) is 0 Å². The van der Waals surface area contributed by atoms with E-state index in [1.165, 1.54) is 43.4 Å². The van der Waals surface area contributed by atoms with E-state index in [2.05, 4.69) is 63.8 Å². The summed E-state index contributed by atoms with van der Waals surface area (Å²) in [4.78, 5) is 2.72. The molecule has 0 amide bonds. The summed E-state index contributed by atoms with van der Waals surface area (Å²) >= 11 is 0. The van der Waals surface area contributed by atoms with Crippen molar-refractivity contribution in [2.24, 2.45) is 0 Å². The van der Waals surface area contributed by atoms with Crippen molar-refractivity contribution in [1.29, 1.82) is 0 Å². The number of aryl methyl sites for hydroxylation is 1. The van der Waals surface area contributed by atoms with E-state index in [0.717, 1.165) is 12.1 Å². The normalized spacial score (nSPS) is 24.9. The van der Waals surface area contributed by atoms with Gasteiger partial charge in [-0.15, -0.1) is 0 Å². The Morgan fingerprint density at radius 1 is 1.05 bits per heavy atom. The van der Waals surface area contributed by atoms with Crippen LogP contribution < -0.4 is 0 Å². The minimum atomic E-state index is 0.268. The zero-order valence-electron chi connectivity index (χ0n) is 13.9. The Balaban J connectivity index is 1.99. The van der Waals surface area contributed by atoms with Gasteiger partial charge >= 0.3 is 0 Å². The van der Waals surface area contributed by atoms with Gasteiger partial charge in [0.15, 0.2) is 0 Å². The molecule has 0 aromatic heterocycles. The highest BCUT2D eigenvalue weighted by atomic mass is 15.2. The van der Waals surface area contributed by atoms with Gasteiger partial charge in [-0.3, -0.25) is 4.90 Å². The molecular formula is C19H31N. The fourth-order valence-corrected chi connectivity index (χ4v) is 3.47. The van der Waals surface area contributed by atoms with Crippen LogP contribution in [0.3, 0.4) is 0 Å². The molecule has 0 aliphatic carbocycles. The second-order valence-electron chi connectivity index (χ2n) is 7.37. The van der Waals surface area contributed by atoms with Crippen molar-refractivity contribution in [3.05, 3.63) is 35.4 Å². The Labute approximate surface area is 125 Å².